The molecule has 1 amide bonds. The van der Waals surface area contributed by atoms with E-state index in [0.717, 1.165) is 27.9 Å². The number of nitrogens with one attached hydrogen (secondary N) is 1. The van der Waals surface area contributed by atoms with Gasteiger partial charge in [0, 0.05) is 30.3 Å². The molecule has 0 aliphatic carbocycles. The van der Waals surface area contributed by atoms with E-state index in [4.69, 9.17) is 10.1 Å². The number of carbonyl (C=O) groups excluding carboxylic acids is 1. The number of aromatic nitrogens is 2. The highest BCUT2D eigenvalue weighted by Gasteiger charge is 2.44. The highest BCUT2D eigenvalue weighted by Crippen LogP contribution is 2.39. The summed E-state index contributed by atoms with van der Waals surface area (Å²) in [4.78, 5) is 22.6. The number of aliphatic hydroxyl groups excluding tert-OH is 1. The van der Waals surface area contributed by atoms with Gasteiger partial charge in [0.1, 0.15) is 6.07 Å². The zero-order chi connectivity index (χ0) is 19.2. The molecule has 136 valence electrons. The maximum Gasteiger partial charge on any atom is 0.256 e. The number of rotatable bonds is 4. The van der Waals surface area contributed by atoms with Gasteiger partial charge in [-0.15, -0.1) is 0 Å². The molecule has 0 fully saturated rings. The van der Waals surface area contributed by atoms with Crippen LogP contribution in [0.2, 0.25) is 0 Å². The Balaban J connectivity index is 1.82. The smallest absolute Gasteiger partial charge is 0.256 e. The fraction of sp³-hybridized carbons (Fsp3) is 0.286. The molecule has 0 saturated carbocycles. The first-order chi connectivity index (χ1) is 13.0. The van der Waals surface area contributed by atoms with Crippen molar-refractivity contribution in [2.45, 2.75) is 25.8 Å². The number of para-hydroxylation sites is 1. The Morgan fingerprint density at radius 2 is 2.07 bits per heavy atom. The Kier molecular flexibility index (Phi) is 3.97. The fourth-order valence-electron chi connectivity index (χ4n) is 3.84. The molecule has 0 spiro atoms. The number of hydrogen-bond donors (Lipinski definition) is 2. The summed E-state index contributed by atoms with van der Waals surface area (Å²) in [6.45, 7) is 4.50. The Morgan fingerprint density at radius 1 is 1.26 bits per heavy atom. The maximum absolute atomic E-state index is 12.8. The molecule has 0 radical (unpaired) electrons. The second kappa shape index (κ2) is 6.22. The van der Waals surface area contributed by atoms with Crippen molar-refractivity contribution >= 4 is 16.8 Å². The highest BCUT2D eigenvalue weighted by molar-refractivity contribution is 6.01. The van der Waals surface area contributed by atoms with Gasteiger partial charge in [-0.05, 0) is 38.5 Å². The molecular weight excluding hydrogens is 340 g/mol. The van der Waals surface area contributed by atoms with Crippen LogP contribution in [-0.4, -0.2) is 39.0 Å². The highest BCUT2D eigenvalue weighted by atomic mass is 16.3. The minimum Gasteiger partial charge on any atom is -0.396 e. The summed E-state index contributed by atoms with van der Waals surface area (Å²) in [6, 6.07) is 11.5. The number of amides is 1. The summed E-state index contributed by atoms with van der Waals surface area (Å²) in [5.74, 6) is -0.0480. The lowest BCUT2D eigenvalue weighted by atomic mass is 9.98. The Morgan fingerprint density at radius 3 is 2.81 bits per heavy atom. The summed E-state index contributed by atoms with van der Waals surface area (Å²) in [6.07, 6.45) is 2.39. The number of carbonyl (C=O) groups is 1. The molecule has 0 unspecified atom stereocenters. The average molecular weight is 360 g/mol. The molecule has 4 rings (SSSR count). The Hall–Kier alpha value is -3.17. The zero-order valence-corrected chi connectivity index (χ0v) is 15.3. The molecule has 6 nitrogen and oxygen atoms in total. The van der Waals surface area contributed by atoms with E-state index in [0.29, 0.717) is 24.1 Å². The first-order valence-corrected chi connectivity index (χ1v) is 8.94. The van der Waals surface area contributed by atoms with Crippen LogP contribution in [0.25, 0.3) is 22.2 Å². The van der Waals surface area contributed by atoms with Crippen molar-refractivity contribution in [2.24, 2.45) is 0 Å². The summed E-state index contributed by atoms with van der Waals surface area (Å²) in [7, 11) is 0. The van der Waals surface area contributed by atoms with Crippen LogP contribution in [0.4, 0.5) is 0 Å². The summed E-state index contributed by atoms with van der Waals surface area (Å²) in [5.41, 5.74) is 3.86. The molecule has 6 heteroatoms. The molecule has 2 aromatic heterocycles. The van der Waals surface area contributed by atoms with Crippen molar-refractivity contribution in [3.8, 4) is 17.3 Å². The van der Waals surface area contributed by atoms with Gasteiger partial charge in [-0.25, -0.2) is 4.98 Å². The van der Waals surface area contributed by atoms with E-state index >= 15 is 0 Å². The lowest BCUT2D eigenvalue weighted by molar-refractivity contribution is 0.0596. The van der Waals surface area contributed by atoms with Gasteiger partial charge in [-0.1, -0.05) is 12.1 Å². The number of aromatic amines is 1. The van der Waals surface area contributed by atoms with Crippen molar-refractivity contribution in [1.29, 1.82) is 5.26 Å². The minimum absolute atomic E-state index is 0.0471. The van der Waals surface area contributed by atoms with Gasteiger partial charge in [0.25, 0.3) is 5.91 Å². The fourth-order valence-corrected chi connectivity index (χ4v) is 3.84. The first-order valence-electron chi connectivity index (χ1n) is 8.94. The van der Waals surface area contributed by atoms with Gasteiger partial charge < -0.3 is 15.0 Å². The van der Waals surface area contributed by atoms with Gasteiger partial charge in [0.15, 0.2) is 0 Å². The summed E-state index contributed by atoms with van der Waals surface area (Å²) >= 11 is 0. The lowest BCUT2D eigenvalue weighted by Gasteiger charge is -2.31. The third-order valence-electron chi connectivity index (χ3n) is 5.28. The molecule has 27 heavy (non-hydrogen) atoms. The predicted molar refractivity (Wildman–Crippen MR) is 102 cm³/mol. The van der Waals surface area contributed by atoms with E-state index in [1.54, 1.807) is 11.0 Å². The average Bonchev–Trinajstić information content (AvgIpc) is 3.18. The van der Waals surface area contributed by atoms with Crippen LogP contribution in [0.1, 0.15) is 41.9 Å². The molecule has 0 bridgehead atoms. The van der Waals surface area contributed by atoms with E-state index in [9.17, 15) is 10.1 Å². The van der Waals surface area contributed by atoms with Crippen LogP contribution < -0.4 is 0 Å². The van der Waals surface area contributed by atoms with Crippen LogP contribution in [0.15, 0.2) is 36.5 Å². The maximum atomic E-state index is 12.8. The van der Waals surface area contributed by atoms with Gasteiger partial charge >= 0.3 is 0 Å². The molecule has 1 aromatic carbocycles. The number of aliphatic hydroxyl groups is 1. The van der Waals surface area contributed by atoms with Crippen molar-refractivity contribution in [3.63, 3.8) is 0 Å². The number of hydrogen-bond acceptors (Lipinski definition) is 4. The normalized spacial score (nSPS) is 15.2. The van der Waals surface area contributed by atoms with Crippen LogP contribution in [0, 0.1) is 11.3 Å². The lowest BCUT2D eigenvalue weighted by Crippen LogP contribution is -2.40. The molecule has 0 atom stereocenters. The molecule has 1 aliphatic heterocycles. The molecule has 3 aromatic rings. The molecule has 3 heterocycles. The summed E-state index contributed by atoms with van der Waals surface area (Å²) < 4.78 is 0. The summed E-state index contributed by atoms with van der Waals surface area (Å²) in [5, 5.41) is 19.4. The molecule has 0 saturated heterocycles. The van der Waals surface area contributed by atoms with E-state index < -0.39 is 5.54 Å². The monoisotopic (exact) mass is 360 g/mol. The van der Waals surface area contributed by atoms with E-state index in [2.05, 4.69) is 11.1 Å². The number of benzene rings is 1. The molecular formula is C21H20N4O2. The van der Waals surface area contributed by atoms with Crippen molar-refractivity contribution in [3.05, 3.63) is 53.3 Å². The molecule has 1 aliphatic rings. The quantitative estimate of drug-likeness (QED) is 0.747. The van der Waals surface area contributed by atoms with Crippen LogP contribution in [-0.2, 0) is 5.54 Å². The third kappa shape index (κ3) is 2.51. The van der Waals surface area contributed by atoms with Crippen LogP contribution >= 0.6 is 0 Å². The number of nitrogens with zero attached hydrogens (tertiary/aromatic N) is 3. The third-order valence-corrected chi connectivity index (χ3v) is 5.28. The number of H-pyrrole nitrogens is 1. The SMILES string of the molecule is CC1(C)c2nc(-c3c[nH]c4c(C#N)cccc34)ccc2C(=O)N1CCCO. The largest absolute Gasteiger partial charge is 0.396 e. The minimum atomic E-state index is -0.540. The Labute approximate surface area is 157 Å². The van der Waals surface area contributed by atoms with Gasteiger partial charge in [-0.2, -0.15) is 5.26 Å². The van der Waals surface area contributed by atoms with Crippen molar-refractivity contribution in [2.75, 3.05) is 13.2 Å². The van der Waals surface area contributed by atoms with Crippen molar-refractivity contribution < 1.29 is 9.90 Å². The molecule has 2 N–H and O–H groups in total. The Bertz CT molecular complexity index is 1090. The van der Waals surface area contributed by atoms with Gasteiger partial charge in [0.05, 0.1) is 33.6 Å². The first kappa shape index (κ1) is 17.3. The number of fused-ring (bicyclic) bond motifs is 2. The second-order valence-electron chi connectivity index (χ2n) is 7.23. The number of nitriles is 1. The standard InChI is InChI=1S/C21H20N4O2/c1-21(2)19-15(20(27)25(21)9-4-10-26)7-8-17(24-19)16-12-23-18-13(11-22)5-3-6-14(16)18/h3,5-8,12,23,26H,4,9-10H2,1-2H3. The van der Waals surface area contributed by atoms with Gasteiger partial charge in [0.2, 0.25) is 0 Å². The predicted octanol–water partition coefficient (Wildman–Crippen LogP) is 3.17. The second-order valence-corrected chi connectivity index (χ2v) is 7.23. The topological polar surface area (TPSA) is 93.0 Å². The van der Waals surface area contributed by atoms with Gasteiger partial charge in [-0.3, -0.25) is 4.79 Å². The van der Waals surface area contributed by atoms with E-state index in [1.807, 2.05) is 44.3 Å². The zero-order valence-electron chi connectivity index (χ0n) is 15.3. The van der Waals surface area contributed by atoms with E-state index in [1.165, 1.54) is 0 Å². The van der Waals surface area contributed by atoms with E-state index in [-0.39, 0.29) is 12.5 Å². The van der Waals surface area contributed by atoms with Crippen molar-refractivity contribution in [1.82, 2.24) is 14.9 Å². The van der Waals surface area contributed by atoms with Crippen LogP contribution in [0.5, 0.6) is 0 Å². The van der Waals surface area contributed by atoms with Crippen LogP contribution in [0.3, 0.4) is 0 Å². The number of pyridine rings is 1.